The molecule has 0 fully saturated rings. The summed E-state index contributed by atoms with van der Waals surface area (Å²) >= 11 is 5.95. The van der Waals surface area contributed by atoms with Crippen LogP contribution in [0.25, 0.3) is 5.69 Å². The molecule has 0 bridgehead atoms. The van der Waals surface area contributed by atoms with E-state index < -0.39 is 0 Å². The number of nitrogens with one attached hydrogen (secondary N) is 1. The first-order valence-corrected chi connectivity index (χ1v) is 11.8. The lowest BCUT2D eigenvalue weighted by molar-refractivity contribution is -0.122. The molecule has 1 aliphatic rings. The summed E-state index contributed by atoms with van der Waals surface area (Å²) in [6.07, 6.45) is 0.386. The van der Waals surface area contributed by atoms with Crippen LogP contribution in [0.5, 0.6) is 17.4 Å². The molecule has 35 heavy (non-hydrogen) atoms. The number of nitrogens with zero attached hydrogens (tertiary/aromatic N) is 2. The molecular weight excluding hydrogens is 466 g/mol. The maximum absolute atomic E-state index is 13.5. The molecule has 0 radical (unpaired) electrons. The Balaban J connectivity index is 1.51. The molecule has 0 aliphatic carbocycles. The Kier molecular flexibility index (Phi) is 6.33. The highest BCUT2D eigenvalue weighted by atomic mass is 35.5. The van der Waals surface area contributed by atoms with Crippen LogP contribution in [0.15, 0.2) is 77.6 Å². The second-order valence-electron chi connectivity index (χ2n) is 8.15. The number of hydrogen-bond donors (Lipinski definition) is 1. The van der Waals surface area contributed by atoms with E-state index in [0.717, 1.165) is 11.1 Å². The van der Waals surface area contributed by atoms with Gasteiger partial charge in [-0.05, 0) is 42.8 Å². The Morgan fingerprint density at radius 3 is 2.57 bits per heavy atom. The summed E-state index contributed by atoms with van der Waals surface area (Å²) in [4.78, 5) is 26.5. The van der Waals surface area contributed by atoms with E-state index >= 15 is 0 Å². The molecule has 1 aromatic heterocycles. The number of carbonyl (C=O) groups is 1. The predicted molar refractivity (Wildman–Crippen MR) is 134 cm³/mol. The van der Waals surface area contributed by atoms with Gasteiger partial charge in [0.15, 0.2) is 11.5 Å². The molecule has 2 heterocycles. The molecule has 0 unspecified atom stereocenters. The molecule has 178 valence electrons. The number of amides is 1. The van der Waals surface area contributed by atoms with Crippen LogP contribution in [0.2, 0.25) is 5.02 Å². The van der Waals surface area contributed by atoms with Crippen molar-refractivity contribution in [1.29, 1.82) is 0 Å². The van der Waals surface area contributed by atoms with Crippen molar-refractivity contribution in [2.24, 2.45) is 0 Å². The second-order valence-corrected chi connectivity index (χ2v) is 8.59. The van der Waals surface area contributed by atoms with Gasteiger partial charge in [-0.3, -0.25) is 9.59 Å². The third-order valence-corrected chi connectivity index (χ3v) is 6.06. The normalized spacial score (nSPS) is 11.8. The van der Waals surface area contributed by atoms with E-state index in [1.807, 2.05) is 67.6 Å². The Morgan fingerprint density at radius 1 is 1.06 bits per heavy atom. The number of benzene rings is 3. The lowest BCUT2D eigenvalue weighted by Gasteiger charge is -2.21. The third kappa shape index (κ3) is 4.55. The number of ether oxygens (including phenoxy) is 2. The lowest BCUT2D eigenvalue weighted by Crippen LogP contribution is -2.31. The van der Waals surface area contributed by atoms with E-state index in [2.05, 4.69) is 5.32 Å². The van der Waals surface area contributed by atoms with Crippen molar-refractivity contribution in [1.82, 2.24) is 14.7 Å². The minimum atomic E-state index is -0.255. The average molecular weight is 490 g/mol. The molecule has 3 aromatic carbocycles. The van der Waals surface area contributed by atoms with Crippen LogP contribution < -0.4 is 20.3 Å². The second kappa shape index (κ2) is 9.72. The highest BCUT2D eigenvalue weighted by molar-refractivity contribution is 6.30. The average Bonchev–Trinajstić information content (AvgIpc) is 3.14. The van der Waals surface area contributed by atoms with E-state index in [9.17, 15) is 9.59 Å². The van der Waals surface area contributed by atoms with Crippen molar-refractivity contribution in [2.75, 3.05) is 6.61 Å². The van der Waals surface area contributed by atoms with Gasteiger partial charge in [0, 0.05) is 23.6 Å². The van der Waals surface area contributed by atoms with E-state index in [4.69, 9.17) is 21.1 Å². The quantitative estimate of drug-likeness (QED) is 0.359. The van der Waals surface area contributed by atoms with Gasteiger partial charge in [0.2, 0.25) is 11.8 Å². The third-order valence-electron chi connectivity index (χ3n) is 5.81. The Morgan fingerprint density at radius 2 is 1.83 bits per heavy atom. The number of carbonyl (C=O) groups excluding carboxylic acids is 1. The molecule has 0 spiro atoms. The first-order valence-electron chi connectivity index (χ1n) is 11.4. The number of hydrogen-bond acceptors (Lipinski definition) is 4. The van der Waals surface area contributed by atoms with Crippen LogP contribution in [0.4, 0.5) is 0 Å². The van der Waals surface area contributed by atoms with Crippen LogP contribution >= 0.6 is 11.6 Å². The van der Waals surface area contributed by atoms with E-state index in [0.29, 0.717) is 53.2 Å². The van der Waals surface area contributed by atoms with Crippen molar-refractivity contribution < 1.29 is 14.3 Å². The van der Waals surface area contributed by atoms with Gasteiger partial charge in [-0.25, -0.2) is 9.36 Å². The van der Waals surface area contributed by atoms with E-state index in [1.54, 1.807) is 16.8 Å². The summed E-state index contributed by atoms with van der Waals surface area (Å²) in [7, 11) is 0. The van der Waals surface area contributed by atoms with Crippen LogP contribution in [0.1, 0.15) is 23.6 Å². The molecule has 0 atom stereocenters. The van der Waals surface area contributed by atoms with Gasteiger partial charge < -0.3 is 14.8 Å². The van der Waals surface area contributed by atoms with Crippen molar-refractivity contribution in [3.05, 3.63) is 105 Å². The molecule has 7 nitrogen and oxygen atoms in total. The first kappa shape index (κ1) is 22.8. The number of fused-ring (bicyclic) bond motifs is 2. The number of halogens is 1. The predicted octanol–water partition coefficient (Wildman–Crippen LogP) is 4.70. The summed E-state index contributed by atoms with van der Waals surface area (Å²) in [6.45, 7) is 2.63. The van der Waals surface area contributed by atoms with Gasteiger partial charge >= 0.3 is 0 Å². The zero-order valence-corrected chi connectivity index (χ0v) is 19.9. The maximum atomic E-state index is 13.5. The van der Waals surface area contributed by atoms with Gasteiger partial charge in [0.1, 0.15) is 6.54 Å². The van der Waals surface area contributed by atoms with Crippen molar-refractivity contribution in [3.63, 3.8) is 0 Å². The van der Waals surface area contributed by atoms with E-state index in [-0.39, 0.29) is 18.0 Å². The molecular formula is C27H24ClN3O4. The van der Waals surface area contributed by atoms with Crippen LogP contribution in [-0.4, -0.2) is 21.9 Å². The molecule has 0 saturated heterocycles. The smallest absolute Gasteiger partial charge is 0.278 e. The van der Waals surface area contributed by atoms with Gasteiger partial charge in [-0.1, -0.05) is 54.1 Å². The highest BCUT2D eigenvalue weighted by Crippen LogP contribution is 2.42. The standard InChI is InChI=1S/C27H24ClN3O4/c1-2-34-23-10-6-7-19-15-22-26(33)31(21-8-4-3-5-9-21)30(27(22)35-25(19)23)17-24(32)29-16-18-11-13-20(28)14-12-18/h3-14H,2,15-17H2,1H3,(H,29,32). The molecule has 5 rings (SSSR count). The lowest BCUT2D eigenvalue weighted by atomic mass is 10.0. The number of aromatic nitrogens is 2. The van der Waals surface area contributed by atoms with Crippen LogP contribution in [0, 0.1) is 0 Å². The molecule has 4 aromatic rings. The van der Waals surface area contributed by atoms with Crippen LogP contribution in [0.3, 0.4) is 0 Å². The first-order chi connectivity index (χ1) is 17.0. The summed E-state index contributed by atoms with van der Waals surface area (Å²) < 4.78 is 15.1. The summed E-state index contributed by atoms with van der Waals surface area (Å²) in [5.74, 6) is 1.27. The SMILES string of the molecule is CCOc1cccc2c1Oc1c(c(=O)n(-c3ccccc3)n1CC(=O)NCc1ccc(Cl)cc1)C2. The molecule has 8 heteroatoms. The monoisotopic (exact) mass is 489 g/mol. The zero-order chi connectivity index (χ0) is 24.4. The Bertz CT molecular complexity index is 1430. The van der Waals surface area contributed by atoms with E-state index in [1.165, 1.54) is 4.68 Å². The summed E-state index contributed by atoms with van der Waals surface area (Å²) in [5, 5.41) is 3.55. The molecule has 0 saturated carbocycles. The van der Waals surface area contributed by atoms with Gasteiger partial charge in [-0.2, -0.15) is 0 Å². The number of rotatable bonds is 7. The minimum absolute atomic E-state index is 0.0980. The number of para-hydroxylation sites is 2. The van der Waals surface area contributed by atoms with Crippen molar-refractivity contribution in [2.45, 2.75) is 26.4 Å². The molecule has 1 N–H and O–H groups in total. The van der Waals surface area contributed by atoms with Crippen molar-refractivity contribution in [3.8, 4) is 23.1 Å². The Labute approximate surface area is 207 Å². The zero-order valence-electron chi connectivity index (χ0n) is 19.2. The maximum Gasteiger partial charge on any atom is 0.278 e. The fraction of sp³-hybridized carbons (Fsp3) is 0.185. The summed E-state index contributed by atoms with van der Waals surface area (Å²) in [6, 6.07) is 22.1. The minimum Gasteiger partial charge on any atom is -0.490 e. The Hall–Kier alpha value is -3.97. The van der Waals surface area contributed by atoms with Gasteiger partial charge in [0.05, 0.1) is 17.9 Å². The van der Waals surface area contributed by atoms with Crippen LogP contribution in [-0.2, 0) is 24.3 Å². The van der Waals surface area contributed by atoms with Crippen molar-refractivity contribution >= 4 is 17.5 Å². The molecule has 1 aliphatic heterocycles. The fourth-order valence-electron chi connectivity index (χ4n) is 4.18. The molecule has 1 amide bonds. The highest BCUT2D eigenvalue weighted by Gasteiger charge is 2.30. The largest absolute Gasteiger partial charge is 0.490 e. The van der Waals surface area contributed by atoms with Gasteiger partial charge in [0.25, 0.3) is 5.56 Å². The fourth-order valence-corrected chi connectivity index (χ4v) is 4.30. The topological polar surface area (TPSA) is 74.5 Å². The van der Waals surface area contributed by atoms with Gasteiger partial charge in [-0.15, -0.1) is 0 Å². The summed E-state index contributed by atoms with van der Waals surface area (Å²) in [5.41, 5.74) is 2.72.